The van der Waals surface area contributed by atoms with E-state index in [4.69, 9.17) is 10.8 Å². The van der Waals surface area contributed by atoms with Crippen molar-refractivity contribution < 1.29 is 19.5 Å². The van der Waals surface area contributed by atoms with Crippen molar-refractivity contribution in [3.63, 3.8) is 0 Å². The second kappa shape index (κ2) is 8.32. The van der Waals surface area contributed by atoms with Gasteiger partial charge in [0.2, 0.25) is 5.91 Å². The Bertz CT molecular complexity index is 307. The molecule has 104 valence electrons. The van der Waals surface area contributed by atoms with Gasteiger partial charge in [-0.05, 0) is 12.8 Å². The third-order valence-electron chi connectivity index (χ3n) is 2.47. The van der Waals surface area contributed by atoms with Gasteiger partial charge in [-0.25, -0.2) is 9.59 Å². The van der Waals surface area contributed by atoms with E-state index in [0.717, 1.165) is 19.3 Å². The molecule has 18 heavy (non-hydrogen) atoms. The molecule has 0 aromatic heterocycles. The number of hydrogen-bond donors (Lipinski definition) is 4. The first-order chi connectivity index (χ1) is 8.40. The van der Waals surface area contributed by atoms with E-state index in [1.54, 1.807) is 0 Å². The second-order valence-corrected chi connectivity index (χ2v) is 4.07. The van der Waals surface area contributed by atoms with Crippen LogP contribution in [0.25, 0.3) is 0 Å². The van der Waals surface area contributed by atoms with Gasteiger partial charge < -0.3 is 21.5 Å². The maximum absolute atomic E-state index is 11.5. The number of carboxylic acids is 1. The van der Waals surface area contributed by atoms with Crippen molar-refractivity contribution in [1.29, 1.82) is 0 Å². The van der Waals surface area contributed by atoms with Gasteiger partial charge in [0.05, 0.1) is 6.42 Å². The van der Waals surface area contributed by atoms with Crippen LogP contribution in [0, 0.1) is 0 Å². The molecule has 0 rings (SSSR count). The summed E-state index contributed by atoms with van der Waals surface area (Å²) in [5, 5.41) is 13.7. The number of carboxylic acid groups (broad SMARTS) is 1. The number of rotatable bonds is 8. The maximum atomic E-state index is 11.5. The van der Waals surface area contributed by atoms with Gasteiger partial charge in [0.25, 0.3) is 0 Å². The van der Waals surface area contributed by atoms with Crippen LogP contribution in [0.5, 0.6) is 0 Å². The predicted molar refractivity (Wildman–Crippen MR) is 65.9 cm³/mol. The molecule has 0 heterocycles. The molecule has 2 atom stereocenters. The van der Waals surface area contributed by atoms with Gasteiger partial charge in [0, 0.05) is 6.04 Å². The third-order valence-corrected chi connectivity index (χ3v) is 2.47. The fourth-order valence-electron chi connectivity index (χ4n) is 1.51. The average Bonchev–Trinajstić information content (AvgIpc) is 2.26. The average molecular weight is 259 g/mol. The Labute approximate surface area is 106 Å². The summed E-state index contributed by atoms with van der Waals surface area (Å²) in [5.41, 5.74) is 4.91. The molecule has 3 amide bonds. The molecule has 0 fully saturated rings. The molecule has 0 radical (unpaired) electrons. The summed E-state index contributed by atoms with van der Waals surface area (Å²) < 4.78 is 0. The molecule has 5 N–H and O–H groups in total. The first-order valence-electron chi connectivity index (χ1n) is 5.98. The second-order valence-electron chi connectivity index (χ2n) is 4.07. The fraction of sp³-hybridized carbons (Fsp3) is 0.727. The molecule has 0 saturated heterocycles. The molecule has 0 bridgehead atoms. The molecule has 0 aromatic carbocycles. The lowest BCUT2D eigenvalue weighted by atomic mass is 10.1. The number of carbonyl (C=O) groups is 3. The smallest absolute Gasteiger partial charge is 0.326 e. The van der Waals surface area contributed by atoms with Crippen LogP contribution in [0.15, 0.2) is 0 Å². The Morgan fingerprint density at radius 2 is 1.83 bits per heavy atom. The van der Waals surface area contributed by atoms with E-state index >= 15 is 0 Å². The monoisotopic (exact) mass is 259 g/mol. The summed E-state index contributed by atoms with van der Waals surface area (Å²) in [5.74, 6) is -2.06. The Balaban J connectivity index is 4.32. The van der Waals surface area contributed by atoms with E-state index in [1.807, 2.05) is 13.8 Å². The topological polar surface area (TPSA) is 122 Å². The quantitative estimate of drug-likeness (QED) is 0.497. The fourth-order valence-corrected chi connectivity index (χ4v) is 1.51. The molecule has 0 spiro atoms. The first kappa shape index (κ1) is 16.2. The first-order valence-corrected chi connectivity index (χ1v) is 5.98. The van der Waals surface area contributed by atoms with Crippen molar-refractivity contribution in [2.75, 3.05) is 0 Å². The highest BCUT2D eigenvalue weighted by molar-refractivity contribution is 5.87. The molecular weight excluding hydrogens is 238 g/mol. The van der Waals surface area contributed by atoms with Crippen molar-refractivity contribution in [3.8, 4) is 0 Å². The molecule has 7 heteroatoms. The summed E-state index contributed by atoms with van der Waals surface area (Å²) in [4.78, 5) is 33.0. The van der Waals surface area contributed by atoms with Crippen LogP contribution < -0.4 is 16.4 Å². The zero-order valence-electron chi connectivity index (χ0n) is 10.7. The van der Waals surface area contributed by atoms with Crippen LogP contribution in [-0.2, 0) is 9.59 Å². The number of urea groups is 1. The van der Waals surface area contributed by atoms with Crippen molar-refractivity contribution >= 4 is 17.9 Å². The molecule has 0 aromatic rings. The van der Waals surface area contributed by atoms with E-state index in [1.165, 1.54) is 0 Å². The number of amides is 3. The minimum atomic E-state index is -1.29. The SMILES string of the molecule is CCCC(CC)NC(=O)N[C@@H](CC(N)=O)C(=O)O. The number of nitrogens with two attached hydrogens (primary N) is 1. The van der Waals surface area contributed by atoms with E-state index in [0.29, 0.717) is 0 Å². The zero-order valence-corrected chi connectivity index (χ0v) is 10.7. The lowest BCUT2D eigenvalue weighted by Gasteiger charge is -2.19. The molecule has 1 unspecified atom stereocenters. The number of aliphatic carboxylic acids is 1. The summed E-state index contributed by atoms with van der Waals surface area (Å²) in [6.45, 7) is 3.92. The van der Waals surface area contributed by atoms with Gasteiger partial charge >= 0.3 is 12.0 Å². The lowest BCUT2D eigenvalue weighted by Crippen LogP contribution is -2.50. The highest BCUT2D eigenvalue weighted by atomic mass is 16.4. The van der Waals surface area contributed by atoms with Gasteiger partial charge in [0.1, 0.15) is 6.04 Å². The standard InChI is InChI=1S/C11H21N3O4/c1-3-5-7(4-2)13-11(18)14-8(10(16)17)6-9(12)15/h7-8H,3-6H2,1-2H3,(H2,12,15)(H,16,17)(H2,13,14,18)/t7?,8-/m0/s1. The largest absolute Gasteiger partial charge is 0.480 e. The summed E-state index contributed by atoms with van der Waals surface area (Å²) in [7, 11) is 0. The Morgan fingerprint density at radius 3 is 2.22 bits per heavy atom. The maximum Gasteiger partial charge on any atom is 0.326 e. The lowest BCUT2D eigenvalue weighted by molar-refractivity contribution is -0.140. The van der Waals surface area contributed by atoms with E-state index in [-0.39, 0.29) is 6.04 Å². The van der Waals surface area contributed by atoms with E-state index < -0.39 is 30.4 Å². The van der Waals surface area contributed by atoms with Gasteiger partial charge in [-0.1, -0.05) is 20.3 Å². The number of carbonyl (C=O) groups excluding carboxylic acids is 2. The minimum absolute atomic E-state index is 0.00183. The van der Waals surface area contributed by atoms with Crippen molar-refractivity contribution in [2.45, 2.75) is 51.6 Å². The summed E-state index contributed by atoms with van der Waals surface area (Å²) in [6.07, 6.45) is 2.07. The number of primary amides is 1. The van der Waals surface area contributed by atoms with Gasteiger partial charge in [-0.3, -0.25) is 4.79 Å². The molecule has 0 saturated carbocycles. The Kier molecular flexibility index (Phi) is 7.50. The normalized spacial score (nSPS) is 13.4. The highest BCUT2D eigenvalue weighted by Gasteiger charge is 2.22. The Morgan fingerprint density at radius 1 is 1.22 bits per heavy atom. The van der Waals surface area contributed by atoms with Gasteiger partial charge in [-0.15, -0.1) is 0 Å². The van der Waals surface area contributed by atoms with Crippen LogP contribution in [0.4, 0.5) is 4.79 Å². The molecule has 0 aliphatic carbocycles. The van der Waals surface area contributed by atoms with Crippen LogP contribution in [-0.4, -0.2) is 35.1 Å². The molecule has 7 nitrogen and oxygen atoms in total. The highest BCUT2D eigenvalue weighted by Crippen LogP contribution is 2.01. The molecule has 0 aliphatic heterocycles. The van der Waals surface area contributed by atoms with Gasteiger partial charge in [-0.2, -0.15) is 0 Å². The van der Waals surface area contributed by atoms with Gasteiger partial charge in [0.15, 0.2) is 0 Å². The molecule has 0 aliphatic rings. The van der Waals surface area contributed by atoms with Crippen molar-refractivity contribution in [2.24, 2.45) is 5.73 Å². The molecular formula is C11H21N3O4. The van der Waals surface area contributed by atoms with Crippen molar-refractivity contribution in [3.05, 3.63) is 0 Å². The van der Waals surface area contributed by atoms with Crippen LogP contribution in [0.1, 0.15) is 39.5 Å². The summed E-state index contributed by atoms with van der Waals surface area (Å²) >= 11 is 0. The number of hydrogen-bond acceptors (Lipinski definition) is 3. The van der Waals surface area contributed by atoms with E-state index in [2.05, 4.69) is 10.6 Å². The Hall–Kier alpha value is -1.79. The van der Waals surface area contributed by atoms with Crippen LogP contribution >= 0.6 is 0 Å². The van der Waals surface area contributed by atoms with Crippen LogP contribution in [0.2, 0.25) is 0 Å². The zero-order chi connectivity index (χ0) is 14.1. The third kappa shape index (κ3) is 6.72. The predicted octanol–water partition coefficient (Wildman–Crippen LogP) is 0.193. The van der Waals surface area contributed by atoms with E-state index in [9.17, 15) is 14.4 Å². The van der Waals surface area contributed by atoms with Crippen molar-refractivity contribution in [1.82, 2.24) is 10.6 Å². The minimum Gasteiger partial charge on any atom is -0.480 e. The van der Waals surface area contributed by atoms with Crippen LogP contribution in [0.3, 0.4) is 0 Å². The number of nitrogens with one attached hydrogen (secondary N) is 2. The summed E-state index contributed by atoms with van der Waals surface area (Å²) in [6, 6.07) is -1.89.